The molecule has 0 aromatic heterocycles. The number of nitro benzene ring substituents is 4. The van der Waals surface area contributed by atoms with Gasteiger partial charge < -0.3 is 10.6 Å². The quantitative estimate of drug-likeness (QED) is 0.191. The molecule has 0 atom stereocenters. The summed E-state index contributed by atoms with van der Waals surface area (Å²) in [6.45, 7) is 0.557. The van der Waals surface area contributed by atoms with Gasteiger partial charge in [-0.15, -0.1) is 0 Å². The highest BCUT2D eigenvalue weighted by molar-refractivity contribution is 5.96. The maximum Gasteiger partial charge on any atom is 0.277 e. The predicted molar refractivity (Wildman–Crippen MR) is 132 cm³/mol. The van der Waals surface area contributed by atoms with Crippen LogP contribution in [0.25, 0.3) is 0 Å². The molecule has 0 heterocycles. The van der Waals surface area contributed by atoms with Gasteiger partial charge in [-0.25, -0.2) is 0 Å². The molecule has 0 bridgehead atoms. The zero-order valence-corrected chi connectivity index (χ0v) is 20.0. The lowest BCUT2D eigenvalue weighted by Gasteiger charge is -2.07. The molecule has 38 heavy (non-hydrogen) atoms. The van der Waals surface area contributed by atoms with E-state index in [9.17, 15) is 50.0 Å². The van der Waals surface area contributed by atoms with Crippen molar-refractivity contribution in [1.82, 2.24) is 10.6 Å². The summed E-state index contributed by atoms with van der Waals surface area (Å²) in [7, 11) is 0. The Morgan fingerprint density at radius 3 is 1.03 bits per heavy atom. The average Bonchev–Trinajstić information content (AvgIpc) is 2.88. The van der Waals surface area contributed by atoms with Crippen LogP contribution in [0.3, 0.4) is 0 Å². The topological polar surface area (TPSA) is 231 Å². The molecule has 2 aromatic carbocycles. The van der Waals surface area contributed by atoms with Gasteiger partial charge in [-0.2, -0.15) is 0 Å². The molecule has 0 radical (unpaired) electrons. The number of amides is 2. The highest BCUT2D eigenvalue weighted by Gasteiger charge is 2.20. The fourth-order valence-electron chi connectivity index (χ4n) is 3.44. The van der Waals surface area contributed by atoms with Crippen molar-refractivity contribution in [2.45, 2.75) is 38.5 Å². The first-order valence-electron chi connectivity index (χ1n) is 11.4. The van der Waals surface area contributed by atoms with Gasteiger partial charge in [0, 0.05) is 37.4 Å². The summed E-state index contributed by atoms with van der Waals surface area (Å²) in [6, 6.07) is 5.45. The fraction of sp³-hybridized carbons (Fsp3) is 0.364. The molecule has 0 fully saturated rings. The Balaban J connectivity index is 1.66. The maximum atomic E-state index is 12.2. The van der Waals surface area contributed by atoms with Crippen molar-refractivity contribution in [1.29, 1.82) is 0 Å². The third-order valence-electron chi connectivity index (χ3n) is 5.35. The lowest BCUT2D eigenvalue weighted by atomic mass is 10.1. The van der Waals surface area contributed by atoms with E-state index in [2.05, 4.69) is 10.6 Å². The van der Waals surface area contributed by atoms with Gasteiger partial charge in [0.25, 0.3) is 34.6 Å². The lowest BCUT2D eigenvalue weighted by Crippen LogP contribution is -2.24. The number of carbonyl (C=O) groups is 2. The summed E-state index contributed by atoms with van der Waals surface area (Å²) in [5, 5.41) is 48.9. The van der Waals surface area contributed by atoms with Gasteiger partial charge in [0.1, 0.15) is 0 Å². The van der Waals surface area contributed by atoms with Gasteiger partial charge in [0.15, 0.2) is 0 Å². The number of nitrogens with one attached hydrogen (secondary N) is 2. The summed E-state index contributed by atoms with van der Waals surface area (Å²) in [6.07, 6.45) is 4.40. The number of nitrogens with zero attached hydrogens (tertiary/aromatic N) is 4. The molecule has 0 unspecified atom stereocenters. The highest BCUT2D eigenvalue weighted by atomic mass is 16.6. The van der Waals surface area contributed by atoms with E-state index in [0.29, 0.717) is 12.8 Å². The normalized spacial score (nSPS) is 10.4. The highest BCUT2D eigenvalue weighted by Crippen LogP contribution is 2.23. The monoisotopic (exact) mass is 532 g/mol. The van der Waals surface area contributed by atoms with Crippen LogP contribution < -0.4 is 10.6 Å². The molecule has 0 aliphatic carbocycles. The van der Waals surface area contributed by atoms with E-state index in [1.807, 2.05) is 0 Å². The number of carbonyl (C=O) groups excluding carboxylic acids is 2. The van der Waals surface area contributed by atoms with Gasteiger partial charge in [0.05, 0.1) is 43.0 Å². The minimum absolute atomic E-state index is 0.173. The smallest absolute Gasteiger partial charge is 0.277 e. The van der Waals surface area contributed by atoms with Crippen LogP contribution >= 0.6 is 0 Å². The number of nitro groups is 4. The van der Waals surface area contributed by atoms with Gasteiger partial charge >= 0.3 is 0 Å². The molecule has 0 spiro atoms. The van der Waals surface area contributed by atoms with Crippen LogP contribution in [0.5, 0.6) is 0 Å². The average molecular weight is 532 g/mol. The second kappa shape index (κ2) is 13.9. The van der Waals surface area contributed by atoms with Gasteiger partial charge in [-0.3, -0.25) is 50.0 Å². The summed E-state index contributed by atoms with van der Waals surface area (Å²) >= 11 is 0. The summed E-state index contributed by atoms with van der Waals surface area (Å²) in [4.78, 5) is 64.9. The Bertz CT molecular complexity index is 1090. The molecule has 2 amide bonds. The Labute approximate surface area is 214 Å². The summed E-state index contributed by atoms with van der Waals surface area (Å²) in [5.41, 5.74) is -2.54. The van der Waals surface area contributed by atoms with Crippen molar-refractivity contribution >= 4 is 34.6 Å². The SMILES string of the molecule is O=C(NCCCCCCCCNC(=O)c1cc([N+](=O)[O-])cc([N+](=O)[O-])c1)c1cc([N+](=O)[O-])cc([N+](=O)[O-])c1. The largest absolute Gasteiger partial charge is 0.352 e. The predicted octanol–water partition coefficient (Wildman–Crippen LogP) is 3.82. The molecule has 2 rings (SSSR count). The van der Waals surface area contributed by atoms with E-state index < -0.39 is 54.3 Å². The third kappa shape index (κ3) is 8.89. The van der Waals surface area contributed by atoms with Gasteiger partial charge in [0.2, 0.25) is 0 Å². The molecule has 16 heteroatoms. The lowest BCUT2D eigenvalue weighted by molar-refractivity contribution is -0.394. The molecule has 0 saturated carbocycles. The number of non-ortho nitro benzene ring substituents is 4. The van der Waals surface area contributed by atoms with Crippen LogP contribution in [0.15, 0.2) is 36.4 Å². The van der Waals surface area contributed by atoms with Crippen LogP contribution in [-0.4, -0.2) is 44.6 Å². The number of unbranched alkanes of at least 4 members (excludes halogenated alkanes) is 5. The number of hydrogen-bond acceptors (Lipinski definition) is 10. The third-order valence-corrected chi connectivity index (χ3v) is 5.35. The molecular weight excluding hydrogens is 508 g/mol. The van der Waals surface area contributed by atoms with E-state index in [1.54, 1.807) is 0 Å². The maximum absolute atomic E-state index is 12.2. The van der Waals surface area contributed by atoms with Crippen LogP contribution in [0.1, 0.15) is 59.2 Å². The van der Waals surface area contributed by atoms with Crippen LogP contribution in [0.4, 0.5) is 22.7 Å². The van der Waals surface area contributed by atoms with Crippen molar-refractivity contribution < 1.29 is 29.3 Å². The first-order chi connectivity index (χ1) is 18.0. The standard InChI is InChI=1S/C22H24N6O10/c29-21(15-9-17(25(31)32)13-18(10-15)26(33)34)23-7-5-3-1-2-4-6-8-24-22(30)16-11-19(27(35)36)14-20(12-16)28(37)38/h9-14H,1-8H2,(H,23,29)(H,24,30). The van der Waals surface area contributed by atoms with Crippen LogP contribution in [-0.2, 0) is 0 Å². The zero-order chi connectivity index (χ0) is 28.2. The second-order valence-corrected chi connectivity index (χ2v) is 8.14. The molecule has 202 valence electrons. The summed E-state index contributed by atoms with van der Waals surface area (Å²) in [5.74, 6) is -1.30. The Kier molecular flexibility index (Phi) is 10.7. The molecule has 0 aliphatic heterocycles. The number of hydrogen-bond donors (Lipinski definition) is 2. The Hall–Kier alpha value is -5.02. The first-order valence-corrected chi connectivity index (χ1v) is 11.4. The van der Waals surface area contributed by atoms with E-state index in [4.69, 9.17) is 0 Å². The van der Waals surface area contributed by atoms with Gasteiger partial charge in [-0.05, 0) is 12.8 Å². The Morgan fingerprint density at radius 1 is 0.500 bits per heavy atom. The van der Waals surface area contributed by atoms with Crippen molar-refractivity contribution in [2.75, 3.05) is 13.1 Å². The van der Waals surface area contributed by atoms with Crippen molar-refractivity contribution in [2.24, 2.45) is 0 Å². The van der Waals surface area contributed by atoms with Crippen LogP contribution in [0, 0.1) is 40.5 Å². The van der Waals surface area contributed by atoms with Crippen molar-refractivity contribution in [3.63, 3.8) is 0 Å². The molecular formula is C22H24N6O10. The van der Waals surface area contributed by atoms with Crippen LogP contribution in [0.2, 0.25) is 0 Å². The Morgan fingerprint density at radius 2 is 0.763 bits per heavy atom. The molecule has 0 aliphatic rings. The molecule has 2 aromatic rings. The second-order valence-electron chi connectivity index (χ2n) is 8.14. The van der Waals surface area contributed by atoms with Gasteiger partial charge in [-0.1, -0.05) is 25.7 Å². The summed E-state index contributed by atoms with van der Waals surface area (Å²) < 4.78 is 0. The molecule has 16 nitrogen and oxygen atoms in total. The van der Waals surface area contributed by atoms with Crippen molar-refractivity contribution in [3.05, 3.63) is 88.0 Å². The zero-order valence-electron chi connectivity index (χ0n) is 20.0. The fourth-order valence-corrected chi connectivity index (χ4v) is 3.44. The van der Waals surface area contributed by atoms with E-state index in [0.717, 1.165) is 62.1 Å². The van der Waals surface area contributed by atoms with Crippen molar-refractivity contribution in [3.8, 4) is 0 Å². The first kappa shape index (κ1) is 29.2. The molecule has 2 N–H and O–H groups in total. The minimum Gasteiger partial charge on any atom is -0.352 e. The minimum atomic E-state index is -0.810. The van der Waals surface area contributed by atoms with E-state index in [1.165, 1.54) is 0 Å². The van der Waals surface area contributed by atoms with E-state index >= 15 is 0 Å². The molecule has 0 saturated heterocycles. The van der Waals surface area contributed by atoms with E-state index in [-0.39, 0.29) is 24.2 Å². The number of benzene rings is 2. The number of rotatable bonds is 15.